The van der Waals surface area contributed by atoms with Crippen molar-refractivity contribution < 1.29 is 14.3 Å². The third-order valence-corrected chi connectivity index (χ3v) is 4.38. The summed E-state index contributed by atoms with van der Waals surface area (Å²) in [6.45, 7) is 1.33. The molecule has 1 aliphatic rings. The molecule has 0 saturated carbocycles. The summed E-state index contributed by atoms with van der Waals surface area (Å²) in [6.07, 6.45) is 1.58. The molecule has 0 N–H and O–H groups in total. The number of ether oxygens (including phenoxy) is 2. The lowest BCUT2D eigenvalue weighted by molar-refractivity contribution is 0.0757. The molecular weight excluding hydrogens is 302 g/mol. The van der Waals surface area contributed by atoms with Gasteiger partial charge in [-0.25, -0.2) is 0 Å². The van der Waals surface area contributed by atoms with Crippen LogP contribution in [0.3, 0.4) is 0 Å². The molecule has 3 rings (SSSR count). The number of carbonyl (C=O) groups excluding carboxylic acids is 1. The molecule has 0 unspecified atom stereocenters. The fourth-order valence-corrected chi connectivity index (χ4v) is 3.10. The third kappa shape index (κ3) is 2.76. The molecule has 0 bridgehead atoms. The van der Waals surface area contributed by atoms with Crippen LogP contribution >= 0.6 is 11.5 Å². The lowest BCUT2D eigenvalue weighted by Gasteiger charge is -2.18. The summed E-state index contributed by atoms with van der Waals surface area (Å²) in [5.74, 6) is 1.40. The largest absolute Gasteiger partial charge is 0.493 e. The minimum absolute atomic E-state index is 0.0551. The van der Waals surface area contributed by atoms with Gasteiger partial charge in [0.05, 0.1) is 14.2 Å². The lowest BCUT2D eigenvalue weighted by Crippen LogP contribution is -2.33. The minimum atomic E-state index is -0.0551. The van der Waals surface area contributed by atoms with E-state index in [1.807, 2.05) is 17.0 Å². The summed E-state index contributed by atoms with van der Waals surface area (Å²) in [4.78, 5) is 14.2. The van der Waals surface area contributed by atoms with Gasteiger partial charge in [-0.1, -0.05) is 4.49 Å². The van der Waals surface area contributed by atoms with Crippen molar-refractivity contribution in [1.82, 2.24) is 14.5 Å². The first-order valence-corrected chi connectivity index (χ1v) is 7.86. The summed E-state index contributed by atoms with van der Waals surface area (Å²) in [6, 6.07) is 4.01. The van der Waals surface area contributed by atoms with E-state index in [0.717, 1.165) is 24.3 Å². The van der Waals surface area contributed by atoms with E-state index < -0.39 is 0 Å². The fraction of sp³-hybridized carbons (Fsp3) is 0.400. The van der Waals surface area contributed by atoms with Gasteiger partial charge in [-0.15, -0.1) is 5.10 Å². The van der Waals surface area contributed by atoms with Gasteiger partial charge in [0.1, 0.15) is 0 Å². The molecule has 7 heteroatoms. The van der Waals surface area contributed by atoms with Gasteiger partial charge in [0.15, 0.2) is 17.2 Å². The van der Waals surface area contributed by atoms with Crippen LogP contribution in [0.1, 0.15) is 21.6 Å². The maximum absolute atomic E-state index is 12.4. The zero-order valence-electron chi connectivity index (χ0n) is 12.5. The molecule has 1 aliphatic heterocycles. The van der Waals surface area contributed by atoms with Gasteiger partial charge in [-0.05, 0) is 47.6 Å². The van der Waals surface area contributed by atoms with Gasteiger partial charge >= 0.3 is 0 Å². The Morgan fingerprint density at radius 1 is 1.14 bits per heavy atom. The van der Waals surface area contributed by atoms with Crippen LogP contribution in [-0.2, 0) is 12.8 Å². The summed E-state index contributed by atoms with van der Waals surface area (Å²) in [7, 11) is 3.26. The average molecular weight is 319 g/mol. The van der Waals surface area contributed by atoms with Gasteiger partial charge in [0, 0.05) is 18.5 Å². The second-order valence-electron chi connectivity index (χ2n) is 5.06. The van der Waals surface area contributed by atoms with Crippen LogP contribution in [0.2, 0.25) is 0 Å². The first-order valence-electron chi connectivity index (χ1n) is 7.03. The second kappa shape index (κ2) is 6.31. The van der Waals surface area contributed by atoms with E-state index in [4.69, 9.17) is 9.47 Å². The molecule has 2 heterocycles. The van der Waals surface area contributed by atoms with Crippen molar-refractivity contribution in [3.8, 4) is 11.5 Å². The van der Waals surface area contributed by atoms with Crippen molar-refractivity contribution in [3.05, 3.63) is 34.3 Å². The average Bonchev–Trinajstić information content (AvgIpc) is 3.00. The number of rotatable bonds is 3. The minimum Gasteiger partial charge on any atom is -0.493 e. The number of hydrogen-bond acceptors (Lipinski definition) is 6. The third-order valence-electron chi connectivity index (χ3n) is 3.87. The number of nitrogens with zero attached hydrogens (tertiary/aromatic N) is 3. The van der Waals surface area contributed by atoms with Gasteiger partial charge in [0.25, 0.3) is 5.91 Å². The fourth-order valence-electron chi connectivity index (χ4n) is 2.67. The predicted molar refractivity (Wildman–Crippen MR) is 82.8 cm³/mol. The van der Waals surface area contributed by atoms with Gasteiger partial charge in [-0.2, -0.15) is 0 Å². The molecular formula is C15H17N3O3S. The Kier molecular flexibility index (Phi) is 4.24. The summed E-state index contributed by atoms with van der Waals surface area (Å²) < 4.78 is 14.5. The van der Waals surface area contributed by atoms with Crippen LogP contribution in [0.25, 0.3) is 0 Å². The van der Waals surface area contributed by atoms with Crippen LogP contribution < -0.4 is 9.47 Å². The van der Waals surface area contributed by atoms with Crippen molar-refractivity contribution in [2.45, 2.75) is 12.8 Å². The lowest BCUT2D eigenvalue weighted by atomic mass is 10.0. The molecule has 1 aromatic heterocycles. The molecule has 0 aliphatic carbocycles. The highest BCUT2D eigenvalue weighted by molar-refractivity contribution is 7.03. The molecule has 22 heavy (non-hydrogen) atoms. The molecule has 116 valence electrons. The van der Waals surface area contributed by atoms with E-state index in [1.54, 1.807) is 19.6 Å². The number of fused-ring (bicyclic) bond motifs is 1. The van der Waals surface area contributed by atoms with Crippen molar-refractivity contribution in [1.29, 1.82) is 0 Å². The Hall–Kier alpha value is -2.15. The van der Waals surface area contributed by atoms with Crippen molar-refractivity contribution in [2.75, 3.05) is 27.3 Å². The van der Waals surface area contributed by atoms with E-state index in [2.05, 4.69) is 9.59 Å². The zero-order chi connectivity index (χ0) is 15.5. The highest BCUT2D eigenvalue weighted by Gasteiger charge is 2.22. The van der Waals surface area contributed by atoms with Crippen molar-refractivity contribution in [3.63, 3.8) is 0 Å². The summed E-state index contributed by atoms with van der Waals surface area (Å²) in [5.41, 5.74) is 2.82. The molecule has 0 saturated heterocycles. The van der Waals surface area contributed by atoms with Gasteiger partial charge < -0.3 is 14.4 Å². The smallest absolute Gasteiger partial charge is 0.275 e. The highest BCUT2D eigenvalue weighted by Crippen LogP contribution is 2.32. The Balaban J connectivity index is 1.82. The molecule has 2 aromatic rings. The summed E-state index contributed by atoms with van der Waals surface area (Å²) in [5, 5.41) is 5.55. The van der Waals surface area contributed by atoms with Gasteiger partial charge in [-0.3, -0.25) is 4.79 Å². The maximum Gasteiger partial charge on any atom is 0.275 e. The van der Waals surface area contributed by atoms with Crippen LogP contribution in [0.5, 0.6) is 11.5 Å². The Bertz CT molecular complexity index is 638. The van der Waals surface area contributed by atoms with Crippen LogP contribution in [0.4, 0.5) is 0 Å². The van der Waals surface area contributed by atoms with E-state index in [-0.39, 0.29) is 5.91 Å². The van der Waals surface area contributed by atoms with E-state index >= 15 is 0 Å². The number of methoxy groups -OCH3 is 2. The summed E-state index contributed by atoms with van der Waals surface area (Å²) >= 11 is 1.19. The number of aromatic nitrogens is 2. The number of amides is 1. The first-order chi connectivity index (χ1) is 10.7. The number of benzene rings is 1. The molecule has 1 aromatic carbocycles. The normalized spacial score (nSPS) is 14.2. The molecule has 0 spiro atoms. The topological polar surface area (TPSA) is 64.6 Å². The molecule has 0 fully saturated rings. The number of hydrogen-bond donors (Lipinski definition) is 0. The second-order valence-corrected chi connectivity index (χ2v) is 5.67. The molecule has 6 nitrogen and oxygen atoms in total. The van der Waals surface area contributed by atoms with Crippen molar-refractivity contribution in [2.24, 2.45) is 0 Å². The van der Waals surface area contributed by atoms with Crippen LogP contribution in [-0.4, -0.2) is 47.7 Å². The van der Waals surface area contributed by atoms with E-state index in [9.17, 15) is 4.79 Å². The quantitative estimate of drug-likeness (QED) is 0.863. The predicted octanol–water partition coefficient (Wildman–Crippen LogP) is 1.80. The molecule has 0 radical (unpaired) electrons. The van der Waals surface area contributed by atoms with Crippen molar-refractivity contribution >= 4 is 17.4 Å². The van der Waals surface area contributed by atoms with Gasteiger partial charge in [0.2, 0.25) is 0 Å². The Morgan fingerprint density at radius 3 is 2.18 bits per heavy atom. The van der Waals surface area contributed by atoms with E-state index in [0.29, 0.717) is 18.8 Å². The zero-order valence-corrected chi connectivity index (χ0v) is 13.4. The Morgan fingerprint density at radius 2 is 1.73 bits per heavy atom. The standard InChI is InChI=1S/C15H17N3O3S/c1-20-13-7-10-3-5-18(15(19)12-9-22-17-16-12)6-4-11(10)8-14(13)21-2/h7-9H,3-6H2,1-2H3. The maximum atomic E-state index is 12.4. The molecule has 1 amide bonds. The van der Waals surface area contributed by atoms with E-state index in [1.165, 1.54) is 22.7 Å². The first kappa shape index (κ1) is 14.8. The number of carbonyl (C=O) groups is 1. The SMILES string of the molecule is COc1cc2c(cc1OC)CCN(C(=O)c1csnn1)CC2. The monoisotopic (exact) mass is 319 g/mol. The molecule has 0 atom stereocenters. The van der Waals surface area contributed by atoms with Crippen LogP contribution in [0.15, 0.2) is 17.5 Å². The highest BCUT2D eigenvalue weighted by atomic mass is 32.1. The van der Waals surface area contributed by atoms with Crippen LogP contribution in [0, 0.1) is 0 Å². The Labute approximate surface area is 132 Å².